The van der Waals surface area contributed by atoms with Crippen molar-refractivity contribution in [1.29, 1.82) is 0 Å². The van der Waals surface area contributed by atoms with Crippen LogP contribution in [0.2, 0.25) is 0 Å². The lowest BCUT2D eigenvalue weighted by Crippen LogP contribution is -2.27. The summed E-state index contributed by atoms with van der Waals surface area (Å²) in [5, 5.41) is 14.6. The summed E-state index contributed by atoms with van der Waals surface area (Å²) in [5.41, 5.74) is 1.49. The molecule has 0 aliphatic carbocycles. The molecule has 3 N–H and O–H groups in total. The summed E-state index contributed by atoms with van der Waals surface area (Å²) in [6, 6.07) is 7.03. The summed E-state index contributed by atoms with van der Waals surface area (Å²) in [5.74, 6) is -0.127. The number of urea groups is 1. The number of rotatable bonds is 5. The molecule has 0 spiro atoms. The summed E-state index contributed by atoms with van der Waals surface area (Å²) in [7, 11) is 0. The van der Waals surface area contributed by atoms with Gasteiger partial charge in [0, 0.05) is 30.9 Å². The van der Waals surface area contributed by atoms with E-state index in [-0.39, 0.29) is 18.4 Å². The topological polar surface area (TPSA) is 81.7 Å². The highest BCUT2D eigenvalue weighted by atomic mass is 16.3. The van der Waals surface area contributed by atoms with Crippen molar-refractivity contribution in [3.8, 4) is 0 Å². The molecule has 0 aromatic heterocycles. The van der Waals surface area contributed by atoms with Crippen LogP contribution in [0.25, 0.3) is 0 Å². The van der Waals surface area contributed by atoms with E-state index in [2.05, 4.69) is 10.6 Å². The molecule has 0 saturated carbocycles. The maximum absolute atomic E-state index is 11.6. The number of carbonyl (C=O) groups is 2. The molecule has 1 aliphatic heterocycles. The predicted molar refractivity (Wildman–Crippen MR) is 76.7 cm³/mol. The first-order chi connectivity index (χ1) is 9.56. The lowest BCUT2D eigenvalue weighted by Gasteiger charge is -2.14. The minimum absolute atomic E-state index is 0.0984. The molecule has 1 aromatic carbocycles. The molecule has 2 rings (SSSR count). The van der Waals surface area contributed by atoms with Gasteiger partial charge in [0.25, 0.3) is 0 Å². The third kappa shape index (κ3) is 3.71. The second-order valence-electron chi connectivity index (χ2n) is 4.87. The lowest BCUT2D eigenvalue weighted by atomic mass is 10.2. The fraction of sp³-hybridized carbons (Fsp3) is 0.429. The SMILES string of the molecule is CC(O)CCC(=O)Nc1ccc(N2CCNC2=O)cc1. The Balaban J connectivity index is 1.91. The number of aliphatic hydroxyl groups is 1. The van der Waals surface area contributed by atoms with E-state index in [0.29, 0.717) is 25.2 Å². The minimum atomic E-state index is -0.475. The van der Waals surface area contributed by atoms with Gasteiger partial charge in [-0.05, 0) is 37.6 Å². The Morgan fingerprint density at radius 1 is 1.45 bits per heavy atom. The minimum Gasteiger partial charge on any atom is -0.393 e. The molecule has 1 heterocycles. The molecule has 6 heteroatoms. The summed E-state index contributed by atoms with van der Waals surface area (Å²) < 4.78 is 0. The normalized spacial score (nSPS) is 15.9. The maximum Gasteiger partial charge on any atom is 0.321 e. The average Bonchev–Trinajstić information content (AvgIpc) is 2.84. The largest absolute Gasteiger partial charge is 0.393 e. The van der Waals surface area contributed by atoms with E-state index < -0.39 is 6.10 Å². The van der Waals surface area contributed by atoms with Gasteiger partial charge in [0.2, 0.25) is 5.91 Å². The van der Waals surface area contributed by atoms with Crippen molar-refractivity contribution >= 4 is 23.3 Å². The predicted octanol–water partition coefficient (Wildman–Crippen LogP) is 1.32. The number of anilines is 2. The third-order valence-electron chi connectivity index (χ3n) is 3.11. The van der Waals surface area contributed by atoms with Crippen LogP contribution in [0, 0.1) is 0 Å². The number of nitrogens with one attached hydrogen (secondary N) is 2. The fourth-order valence-electron chi connectivity index (χ4n) is 2.01. The van der Waals surface area contributed by atoms with Crippen molar-refractivity contribution < 1.29 is 14.7 Å². The summed E-state index contributed by atoms with van der Waals surface area (Å²) >= 11 is 0. The summed E-state index contributed by atoms with van der Waals surface area (Å²) in [4.78, 5) is 24.8. The van der Waals surface area contributed by atoms with Crippen molar-refractivity contribution in [2.24, 2.45) is 0 Å². The number of hydrogen-bond acceptors (Lipinski definition) is 3. The number of benzene rings is 1. The molecular formula is C14H19N3O3. The van der Waals surface area contributed by atoms with Gasteiger partial charge in [-0.25, -0.2) is 4.79 Å². The first-order valence-corrected chi connectivity index (χ1v) is 6.69. The molecule has 108 valence electrons. The molecule has 1 unspecified atom stereocenters. The van der Waals surface area contributed by atoms with Crippen LogP contribution < -0.4 is 15.5 Å². The van der Waals surface area contributed by atoms with Crippen LogP contribution in [-0.2, 0) is 4.79 Å². The molecule has 6 nitrogen and oxygen atoms in total. The Hall–Kier alpha value is -2.08. The molecular weight excluding hydrogens is 258 g/mol. The van der Waals surface area contributed by atoms with Crippen LogP contribution in [0.1, 0.15) is 19.8 Å². The zero-order chi connectivity index (χ0) is 14.5. The first kappa shape index (κ1) is 14.3. The van der Waals surface area contributed by atoms with Gasteiger partial charge in [0.15, 0.2) is 0 Å². The Labute approximate surface area is 117 Å². The Bertz CT molecular complexity index is 485. The highest BCUT2D eigenvalue weighted by Gasteiger charge is 2.20. The first-order valence-electron chi connectivity index (χ1n) is 6.69. The van der Waals surface area contributed by atoms with Gasteiger partial charge in [-0.15, -0.1) is 0 Å². The van der Waals surface area contributed by atoms with Crippen LogP contribution in [0.4, 0.5) is 16.2 Å². The van der Waals surface area contributed by atoms with Crippen LogP contribution in [-0.4, -0.2) is 36.2 Å². The molecule has 0 radical (unpaired) electrons. The molecule has 1 aliphatic rings. The second kappa shape index (κ2) is 6.38. The molecule has 0 bridgehead atoms. The van der Waals surface area contributed by atoms with Crippen molar-refractivity contribution in [2.45, 2.75) is 25.9 Å². The van der Waals surface area contributed by atoms with Crippen molar-refractivity contribution in [3.63, 3.8) is 0 Å². The molecule has 1 fully saturated rings. The van der Waals surface area contributed by atoms with E-state index in [1.54, 1.807) is 36.1 Å². The Morgan fingerprint density at radius 3 is 2.70 bits per heavy atom. The number of amides is 3. The monoisotopic (exact) mass is 277 g/mol. The van der Waals surface area contributed by atoms with Crippen molar-refractivity contribution in [2.75, 3.05) is 23.3 Å². The van der Waals surface area contributed by atoms with Crippen LogP contribution >= 0.6 is 0 Å². The van der Waals surface area contributed by atoms with E-state index in [1.165, 1.54) is 0 Å². The van der Waals surface area contributed by atoms with Crippen molar-refractivity contribution in [3.05, 3.63) is 24.3 Å². The number of carbonyl (C=O) groups excluding carboxylic acids is 2. The number of nitrogens with zero attached hydrogens (tertiary/aromatic N) is 1. The van der Waals surface area contributed by atoms with Gasteiger partial charge in [0.05, 0.1) is 6.10 Å². The van der Waals surface area contributed by atoms with Gasteiger partial charge in [-0.1, -0.05) is 0 Å². The molecule has 20 heavy (non-hydrogen) atoms. The molecule has 1 aromatic rings. The Kier molecular flexibility index (Phi) is 4.57. The van der Waals surface area contributed by atoms with Gasteiger partial charge >= 0.3 is 6.03 Å². The lowest BCUT2D eigenvalue weighted by molar-refractivity contribution is -0.116. The Morgan fingerprint density at radius 2 is 2.15 bits per heavy atom. The molecule has 1 saturated heterocycles. The highest BCUT2D eigenvalue weighted by Crippen LogP contribution is 2.19. The van der Waals surface area contributed by atoms with Crippen LogP contribution in [0.15, 0.2) is 24.3 Å². The van der Waals surface area contributed by atoms with Crippen LogP contribution in [0.3, 0.4) is 0 Å². The molecule has 1 atom stereocenters. The van der Waals surface area contributed by atoms with Crippen LogP contribution in [0.5, 0.6) is 0 Å². The smallest absolute Gasteiger partial charge is 0.321 e. The maximum atomic E-state index is 11.6. The van der Waals surface area contributed by atoms with Gasteiger partial charge < -0.3 is 15.7 Å². The molecule has 3 amide bonds. The number of hydrogen-bond donors (Lipinski definition) is 3. The average molecular weight is 277 g/mol. The van der Waals surface area contributed by atoms with E-state index in [9.17, 15) is 9.59 Å². The fourth-order valence-corrected chi connectivity index (χ4v) is 2.01. The quantitative estimate of drug-likeness (QED) is 0.759. The zero-order valence-corrected chi connectivity index (χ0v) is 11.4. The zero-order valence-electron chi connectivity index (χ0n) is 11.4. The van der Waals surface area contributed by atoms with E-state index in [4.69, 9.17) is 5.11 Å². The highest BCUT2D eigenvalue weighted by molar-refractivity contribution is 5.95. The van der Waals surface area contributed by atoms with E-state index in [1.807, 2.05) is 0 Å². The second-order valence-corrected chi connectivity index (χ2v) is 4.87. The third-order valence-corrected chi connectivity index (χ3v) is 3.11. The van der Waals surface area contributed by atoms with E-state index >= 15 is 0 Å². The summed E-state index contributed by atoms with van der Waals surface area (Å²) in [6.45, 7) is 2.96. The number of aliphatic hydroxyl groups excluding tert-OH is 1. The van der Waals surface area contributed by atoms with Gasteiger partial charge in [-0.3, -0.25) is 9.69 Å². The summed E-state index contributed by atoms with van der Waals surface area (Å²) in [6.07, 6.45) is 0.253. The van der Waals surface area contributed by atoms with E-state index in [0.717, 1.165) is 5.69 Å². The van der Waals surface area contributed by atoms with Gasteiger partial charge in [-0.2, -0.15) is 0 Å². The van der Waals surface area contributed by atoms with Gasteiger partial charge in [0.1, 0.15) is 0 Å². The van der Waals surface area contributed by atoms with Crippen molar-refractivity contribution in [1.82, 2.24) is 5.32 Å². The standard InChI is InChI=1S/C14H19N3O3/c1-10(18)2-7-13(19)16-11-3-5-12(6-4-11)17-9-8-15-14(17)20/h3-6,10,18H,2,7-9H2,1H3,(H,15,20)(H,16,19).